The van der Waals surface area contributed by atoms with E-state index in [0.717, 1.165) is 0 Å². The second kappa shape index (κ2) is 3.82. The average molecular weight is 169 g/mol. The standard InChI is InChI=1S/C6H11N5O/c1-8-5(6(7)12)2-11-4-9-3-10-11/h3-5,8H,2H2,1H3,(H2,7,12). The summed E-state index contributed by atoms with van der Waals surface area (Å²) in [6.45, 7) is 0.409. The van der Waals surface area contributed by atoms with Crippen LogP contribution in [0.2, 0.25) is 0 Å². The predicted octanol–water partition coefficient (Wildman–Crippen LogP) is -1.65. The minimum absolute atomic E-state index is 0.395. The number of nitrogens with two attached hydrogens (primary N) is 1. The van der Waals surface area contributed by atoms with Gasteiger partial charge in [-0.2, -0.15) is 5.10 Å². The molecule has 1 heterocycles. The van der Waals surface area contributed by atoms with Gasteiger partial charge in [0.25, 0.3) is 0 Å². The Morgan fingerprint density at radius 1 is 1.83 bits per heavy atom. The third-order valence-electron chi connectivity index (χ3n) is 1.53. The lowest BCUT2D eigenvalue weighted by atomic mass is 10.3. The zero-order valence-corrected chi connectivity index (χ0v) is 6.77. The molecule has 12 heavy (non-hydrogen) atoms. The van der Waals surface area contributed by atoms with E-state index >= 15 is 0 Å². The number of hydrogen-bond acceptors (Lipinski definition) is 4. The number of aromatic nitrogens is 3. The first kappa shape index (κ1) is 8.66. The number of primary amides is 1. The highest BCUT2D eigenvalue weighted by atomic mass is 16.1. The van der Waals surface area contributed by atoms with Crippen LogP contribution in [0.1, 0.15) is 0 Å². The van der Waals surface area contributed by atoms with E-state index in [9.17, 15) is 4.79 Å². The van der Waals surface area contributed by atoms with Gasteiger partial charge in [-0.1, -0.05) is 0 Å². The van der Waals surface area contributed by atoms with E-state index in [-0.39, 0.29) is 0 Å². The van der Waals surface area contributed by atoms with Crippen LogP contribution in [-0.4, -0.2) is 33.8 Å². The molecule has 1 aromatic heterocycles. The van der Waals surface area contributed by atoms with E-state index in [4.69, 9.17) is 5.73 Å². The maximum Gasteiger partial charge on any atom is 0.236 e. The van der Waals surface area contributed by atoms with Gasteiger partial charge in [0, 0.05) is 0 Å². The summed E-state index contributed by atoms with van der Waals surface area (Å²) < 4.78 is 1.55. The molecule has 0 saturated carbocycles. The highest BCUT2D eigenvalue weighted by Gasteiger charge is 2.12. The van der Waals surface area contributed by atoms with Gasteiger partial charge in [0.15, 0.2) is 0 Å². The van der Waals surface area contributed by atoms with Gasteiger partial charge in [-0.3, -0.25) is 9.48 Å². The van der Waals surface area contributed by atoms with Crippen molar-refractivity contribution in [2.45, 2.75) is 12.6 Å². The Labute approximate surface area is 69.8 Å². The lowest BCUT2D eigenvalue weighted by molar-refractivity contribution is -0.120. The molecule has 0 radical (unpaired) electrons. The van der Waals surface area contributed by atoms with Crippen LogP contribution in [0.3, 0.4) is 0 Å². The van der Waals surface area contributed by atoms with Crippen LogP contribution in [0.15, 0.2) is 12.7 Å². The van der Waals surface area contributed by atoms with Crippen LogP contribution >= 0.6 is 0 Å². The van der Waals surface area contributed by atoms with Gasteiger partial charge in [-0.15, -0.1) is 0 Å². The number of hydrogen-bond donors (Lipinski definition) is 2. The summed E-state index contributed by atoms with van der Waals surface area (Å²) in [6.07, 6.45) is 2.95. The fourth-order valence-corrected chi connectivity index (χ4v) is 0.838. The SMILES string of the molecule is CNC(Cn1cncn1)C(N)=O. The molecule has 0 spiro atoms. The third kappa shape index (κ3) is 2.03. The highest BCUT2D eigenvalue weighted by Crippen LogP contribution is 1.87. The van der Waals surface area contributed by atoms with Gasteiger partial charge in [0.05, 0.1) is 6.54 Å². The van der Waals surface area contributed by atoms with Crippen molar-refractivity contribution < 1.29 is 4.79 Å². The van der Waals surface area contributed by atoms with Crippen molar-refractivity contribution in [1.82, 2.24) is 20.1 Å². The maximum absolute atomic E-state index is 10.8. The summed E-state index contributed by atoms with van der Waals surface area (Å²) in [6, 6.07) is -0.397. The molecule has 66 valence electrons. The van der Waals surface area contributed by atoms with Gasteiger partial charge in [-0.05, 0) is 7.05 Å². The molecule has 0 aliphatic rings. The quantitative estimate of drug-likeness (QED) is 0.565. The number of rotatable bonds is 4. The number of nitrogens with one attached hydrogen (secondary N) is 1. The third-order valence-corrected chi connectivity index (χ3v) is 1.53. The summed E-state index contributed by atoms with van der Waals surface area (Å²) in [7, 11) is 1.67. The molecule has 0 fully saturated rings. The lowest BCUT2D eigenvalue weighted by Crippen LogP contribution is -2.42. The molecule has 1 aromatic rings. The molecule has 1 rings (SSSR count). The van der Waals surface area contributed by atoms with Gasteiger partial charge >= 0.3 is 0 Å². The van der Waals surface area contributed by atoms with Gasteiger partial charge in [-0.25, -0.2) is 4.98 Å². The molecule has 0 aliphatic carbocycles. The van der Waals surface area contributed by atoms with Crippen molar-refractivity contribution in [2.75, 3.05) is 7.05 Å². The van der Waals surface area contributed by atoms with Crippen molar-refractivity contribution in [3.8, 4) is 0 Å². The molecule has 0 aliphatic heterocycles. The van der Waals surface area contributed by atoms with E-state index in [0.29, 0.717) is 6.54 Å². The van der Waals surface area contributed by atoms with Crippen LogP contribution in [-0.2, 0) is 11.3 Å². The molecular weight excluding hydrogens is 158 g/mol. The van der Waals surface area contributed by atoms with E-state index < -0.39 is 11.9 Å². The van der Waals surface area contributed by atoms with Crippen LogP contribution < -0.4 is 11.1 Å². The Hall–Kier alpha value is -1.43. The number of likely N-dealkylation sites (N-methyl/N-ethyl adjacent to an activating group) is 1. The first-order chi connectivity index (χ1) is 5.74. The van der Waals surface area contributed by atoms with Crippen LogP contribution in [0.4, 0.5) is 0 Å². The van der Waals surface area contributed by atoms with E-state index in [2.05, 4.69) is 15.4 Å². The van der Waals surface area contributed by atoms with Crippen molar-refractivity contribution in [2.24, 2.45) is 5.73 Å². The minimum Gasteiger partial charge on any atom is -0.368 e. The van der Waals surface area contributed by atoms with Crippen molar-refractivity contribution in [3.05, 3.63) is 12.7 Å². The topological polar surface area (TPSA) is 85.8 Å². The second-order valence-corrected chi connectivity index (χ2v) is 2.36. The summed E-state index contributed by atoms with van der Waals surface area (Å²) in [5, 5.41) is 6.62. The second-order valence-electron chi connectivity index (χ2n) is 2.36. The summed E-state index contributed by atoms with van der Waals surface area (Å²) in [5.74, 6) is -0.395. The minimum atomic E-state index is -0.397. The number of carbonyl (C=O) groups is 1. The number of carbonyl (C=O) groups excluding carboxylic acids is 1. The van der Waals surface area contributed by atoms with Crippen LogP contribution in [0.5, 0.6) is 0 Å². The molecule has 0 aromatic carbocycles. The van der Waals surface area contributed by atoms with Gasteiger partial charge in [0.1, 0.15) is 18.7 Å². The fourth-order valence-electron chi connectivity index (χ4n) is 0.838. The van der Waals surface area contributed by atoms with Crippen molar-refractivity contribution in [3.63, 3.8) is 0 Å². The Bertz CT molecular complexity index is 244. The lowest BCUT2D eigenvalue weighted by Gasteiger charge is -2.10. The van der Waals surface area contributed by atoms with Crippen LogP contribution in [0, 0.1) is 0 Å². The fraction of sp³-hybridized carbons (Fsp3) is 0.500. The molecule has 1 amide bonds. The largest absolute Gasteiger partial charge is 0.368 e. The monoisotopic (exact) mass is 169 g/mol. The Morgan fingerprint density at radius 2 is 2.58 bits per heavy atom. The zero-order valence-electron chi connectivity index (χ0n) is 6.77. The number of nitrogens with zero attached hydrogens (tertiary/aromatic N) is 3. The molecule has 1 atom stereocenters. The summed E-state index contributed by atoms with van der Waals surface area (Å²) in [5.41, 5.74) is 5.10. The van der Waals surface area contributed by atoms with Crippen molar-refractivity contribution in [1.29, 1.82) is 0 Å². The molecule has 0 bridgehead atoms. The van der Waals surface area contributed by atoms with Crippen LogP contribution in [0.25, 0.3) is 0 Å². The molecule has 6 heteroatoms. The Morgan fingerprint density at radius 3 is 3.00 bits per heavy atom. The van der Waals surface area contributed by atoms with Gasteiger partial charge < -0.3 is 11.1 Å². The normalized spacial score (nSPS) is 12.8. The summed E-state index contributed by atoms with van der Waals surface area (Å²) in [4.78, 5) is 14.5. The molecule has 3 N–H and O–H groups in total. The predicted molar refractivity (Wildman–Crippen MR) is 42.1 cm³/mol. The highest BCUT2D eigenvalue weighted by molar-refractivity contribution is 5.79. The summed E-state index contributed by atoms with van der Waals surface area (Å²) >= 11 is 0. The van der Waals surface area contributed by atoms with E-state index in [1.165, 1.54) is 12.7 Å². The smallest absolute Gasteiger partial charge is 0.236 e. The van der Waals surface area contributed by atoms with Crippen molar-refractivity contribution >= 4 is 5.91 Å². The zero-order chi connectivity index (χ0) is 8.97. The molecule has 6 nitrogen and oxygen atoms in total. The number of amides is 1. The van der Waals surface area contributed by atoms with Gasteiger partial charge in [0.2, 0.25) is 5.91 Å². The first-order valence-electron chi connectivity index (χ1n) is 3.53. The Kier molecular flexibility index (Phi) is 2.76. The maximum atomic E-state index is 10.8. The van der Waals surface area contributed by atoms with E-state index in [1.807, 2.05) is 0 Å². The van der Waals surface area contributed by atoms with E-state index in [1.54, 1.807) is 11.7 Å². The first-order valence-corrected chi connectivity index (χ1v) is 3.53. The molecule has 0 saturated heterocycles. The Balaban J connectivity index is 2.54. The average Bonchev–Trinajstić information content (AvgIpc) is 2.51. The molecular formula is C6H11N5O. The molecule has 1 unspecified atom stereocenters.